The van der Waals surface area contributed by atoms with Crippen LogP contribution in [0.2, 0.25) is 0 Å². The molecule has 0 aromatic heterocycles. The van der Waals surface area contributed by atoms with E-state index in [0.717, 1.165) is 6.16 Å². The molecule has 26 heavy (non-hydrogen) atoms. The van der Waals surface area contributed by atoms with Crippen molar-refractivity contribution in [3.63, 3.8) is 0 Å². The fourth-order valence-corrected chi connectivity index (χ4v) is 7.08. The molecule has 0 saturated carbocycles. The van der Waals surface area contributed by atoms with Crippen LogP contribution in [0.1, 0.15) is 6.92 Å². The molecule has 0 aliphatic rings. The Morgan fingerprint density at radius 1 is 0.500 bits per heavy atom. The predicted octanol–water partition coefficient (Wildman–Crippen LogP) is 3.52. The molecule has 6 heteroatoms. The Labute approximate surface area is 169 Å². The van der Waals surface area contributed by atoms with Gasteiger partial charge in [-0.15, -0.1) is 0 Å². The van der Waals surface area contributed by atoms with Crippen molar-refractivity contribution in [3.05, 3.63) is 91.0 Å². The summed E-state index contributed by atoms with van der Waals surface area (Å²) in [5.74, 6) is 0. The first-order chi connectivity index (χ1) is 10.4. The van der Waals surface area contributed by atoms with Gasteiger partial charge in [-0.25, -0.2) is 0 Å². The average Bonchev–Trinajstić information content (AvgIpc) is 2.59. The Bertz CT molecular complexity index is 600. The summed E-state index contributed by atoms with van der Waals surface area (Å²) in [6, 6.07) is 33.0. The SMILES string of the molecule is CC[P+](c1ccccc1)(c1ccccc1)c1ccccc1.[O-2].[O-2].[O-2].[O-2].[Re]. The van der Waals surface area contributed by atoms with Crippen LogP contribution in [0, 0.1) is 0 Å². The summed E-state index contributed by atoms with van der Waals surface area (Å²) in [6.07, 6.45) is 1.14. The molecule has 0 unspecified atom stereocenters. The van der Waals surface area contributed by atoms with E-state index < -0.39 is 7.26 Å². The molecule has 3 rings (SSSR count). The van der Waals surface area contributed by atoms with Gasteiger partial charge in [0.05, 0.1) is 6.16 Å². The smallest absolute Gasteiger partial charge is 0.111 e. The van der Waals surface area contributed by atoms with Gasteiger partial charge in [0.2, 0.25) is 0 Å². The Hall–Kier alpha value is -1.41. The number of rotatable bonds is 4. The summed E-state index contributed by atoms with van der Waals surface area (Å²) >= 11 is 0. The van der Waals surface area contributed by atoms with Gasteiger partial charge in [-0.1, -0.05) is 54.6 Å². The number of hydrogen-bond acceptors (Lipinski definition) is 0. The first-order valence-corrected chi connectivity index (χ1v) is 9.40. The molecular weight excluding hydrogens is 521 g/mol. The minimum atomic E-state index is -1.53. The third-order valence-electron chi connectivity index (χ3n) is 4.07. The molecule has 3 aromatic carbocycles. The van der Waals surface area contributed by atoms with Crippen LogP contribution >= 0.6 is 7.26 Å². The van der Waals surface area contributed by atoms with Crippen LogP contribution in [0.4, 0.5) is 0 Å². The van der Waals surface area contributed by atoms with Crippen molar-refractivity contribution in [3.8, 4) is 0 Å². The molecule has 1 radical (unpaired) electrons. The van der Waals surface area contributed by atoms with Gasteiger partial charge in [0.1, 0.15) is 23.2 Å². The maximum absolute atomic E-state index is 2.32. The molecule has 0 aliphatic heterocycles. The summed E-state index contributed by atoms with van der Waals surface area (Å²) in [5, 5.41) is 4.39. The van der Waals surface area contributed by atoms with E-state index in [2.05, 4.69) is 97.9 Å². The van der Waals surface area contributed by atoms with E-state index in [4.69, 9.17) is 0 Å². The first kappa shape index (κ1) is 29.4. The maximum Gasteiger partial charge on any atom is 0.111 e. The van der Waals surface area contributed by atoms with Crippen molar-refractivity contribution >= 4 is 23.2 Å². The molecule has 0 amide bonds. The van der Waals surface area contributed by atoms with Crippen molar-refractivity contribution in [2.75, 3.05) is 6.16 Å². The summed E-state index contributed by atoms with van der Waals surface area (Å²) in [4.78, 5) is 0. The molecule has 4 nitrogen and oxygen atoms in total. The van der Waals surface area contributed by atoms with Crippen LogP contribution in [0.3, 0.4) is 0 Å². The summed E-state index contributed by atoms with van der Waals surface area (Å²) in [7, 11) is -1.53. The summed E-state index contributed by atoms with van der Waals surface area (Å²) in [5.41, 5.74) is 0. The van der Waals surface area contributed by atoms with Crippen molar-refractivity contribution in [1.82, 2.24) is 0 Å². The quantitative estimate of drug-likeness (QED) is 0.450. The number of hydrogen-bond donors (Lipinski definition) is 0. The van der Waals surface area contributed by atoms with Crippen LogP contribution in [-0.4, -0.2) is 6.16 Å². The van der Waals surface area contributed by atoms with Crippen molar-refractivity contribution in [2.45, 2.75) is 6.92 Å². The van der Waals surface area contributed by atoms with E-state index in [1.807, 2.05) is 0 Å². The van der Waals surface area contributed by atoms with Gasteiger partial charge in [-0.2, -0.15) is 0 Å². The van der Waals surface area contributed by atoms with Crippen molar-refractivity contribution in [1.29, 1.82) is 0 Å². The fourth-order valence-electron chi connectivity index (χ4n) is 3.04. The van der Waals surface area contributed by atoms with Crippen LogP contribution in [0.15, 0.2) is 91.0 Å². The van der Waals surface area contributed by atoms with Crippen LogP contribution in [-0.2, 0) is 42.3 Å². The molecule has 0 bridgehead atoms. The van der Waals surface area contributed by atoms with E-state index in [9.17, 15) is 0 Å². The molecule has 0 atom stereocenters. The zero-order valence-corrected chi connectivity index (χ0v) is 17.9. The Morgan fingerprint density at radius 2 is 0.731 bits per heavy atom. The molecule has 0 heterocycles. The third kappa shape index (κ3) is 5.54. The molecule has 0 saturated heterocycles. The van der Waals surface area contributed by atoms with Gasteiger partial charge in [-0.05, 0) is 43.3 Å². The molecule has 0 N–H and O–H groups in total. The Balaban J connectivity index is -0.00000106. The fraction of sp³-hybridized carbons (Fsp3) is 0.100. The van der Waals surface area contributed by atoms with Gasteiger partial charge < -0.3 is 21.9 Å². The molecular formula is C20H20O4PRe-7. The van der Waals surface area contributed by atoms with Crippen molar-refractivity contribution < 1.29 is 42.3 Å². The molecule has 0 fully saturated rings. The molecule has 0 spiro atoms. The van der Waals surface area contributed by atoms with Gasteiger partial charge in [0.15, 0.2) is 0 Å². The average molecular weight is 542 g/mol. The van der Waals surface area contributed by atoms with E-state index in [1.165, 1.54) is 15.9 Å². The topological polar surface area (TPSA) is 114 Å². The molecule has 143 valence electrons. The zero-order valence-electron chi connectivity index (χ0n) is 14.3. The minimum Gasteiger partial charge on any atom is -2.00 e. The number of benzene rings is 3. The largest absolute Gasteiger partial charge is 2.00 e. The second-order valence-electron chi connectivity index (χ2n) is 5.13. The van der Waals surface area contributed by atoms with E-state index in [0.29, 0.717) is 0 Å². The minimum absolute atomic E-state index is 0. The van der Waals surface area contributed by atoms with Gasteiger partial charge in [0, 0.05) is 20.4 Å². The second-order valence-corrected chi connectivity index (χ2v) is 8.93. The van der Waals surface area contributed by atoms with E-state index in [1.54, 1.807) is 0 Å². The van der Waals surface area contributed by atoms with Crippen LogP contribution < -0.4 is 15.9 Å². The summed E-state index contributed by atoms with van der Waals surface area (Å²) in [6.45, 7) is 2.32. The van der Waals surface area contributed by atoms with Crippen LogP contribution in [0.25, 0.3) is 0 Å². The standard InChI is InChI=1S/C20H20P.4O.Re/c1-2-21(18-12-6-3-7-13-18,19-14-8-4-9-15-19)20-16-10-5-11-17-20;;;;;/h3-17H,2H2,1H3;;;;;/q+1;4*-2;. The Kier molecular flexibility index (Phi) is 15.5. The van der Waals surface area contributed by atoms with E-state index >= 15 is 0 Å². The van der Waals surface area contributed by atoms with Crippen molar-refractivity contribution in [2.24, 2.45) is 0 Å². The third-order valence-corrected chi connectivity index (χ3v) is 8.55. The first-order valence-electron chi connectivity index (χ1n) is 7.43. The van der Waals surface area contributed by atoms with Gasteiger partial charge in [0.25, 0.3) is 0 Å². The molecule has 0 aliphatic carbocycles. The molecule has 3 aromatic rings. The van der Waals surface area contributed by atoms with Gasteiger partial charge >= 0.3 is 0 Å². The van der Waals surface area contributed by atoms with E-state index in [-0.39, 0.29) is 42.3 Å². The van der Waals surface area contributed by atoms with Gasteiger partial charge in [-0.3, -0.25) is 0 Å². The monoisotopic (exact) mass is 542 g/mol. The van der Waals surface area contributed by atoms with Crippen LogP contribution in [0.5, 0.6) is 0 Å². The Morgan fingerprint density at radius 3 is 0.923 bits per heavy atom. The second kappa shape index (κ2) is 13.8. The maximum atomic E-state index is 2.32. The predicted molar refractivity (Wildman–Crippen MR) is 98.4 cm³/mol. The zero-order chi connectivity index (χ0) is 14.5. The normalized spacial score (nSPS) is 9.12. The summed E-state index contributed by atoms with van der Waals surface area (Å²) < 4.78 is 0.